The molecule has 0 amide bonds. The molecule has 5 atom stereocenters. The first kappa shape index (κ1) is 30.5. The summed E-state index contributed by atoms with van der Waals surface area (Å²) in [6.07, 6.45) is 1.08. The van der Waals surface area contributed by atoms with E-state index >= 15 is 0 Å². The number of aliphatic hydroxyl groups is 2. The maximum absolute atomic E-state index is 13.1. The van der Waals surface area contributed by atoms with Crippen molar-refractivity contribution in [2.45, 2.75) is 64.1 Å². The van der Waals surface area contributed by atoms with E-state index in [2.05, 4.69) is 11.6 Å². The van der Waals surface area contributed by atoms with Crippen LogP contribution in [0.4, 0.5) is 0 Å². The van der Waals surface area contributed by atoms with E-state index in [4.69, 9.17) is 20.3 Å². The number of benzene rings is 2. The molecule has 0 aromatic heterocycles. The maximum Gasteiger partial charge on any atom is 0.202 e. The molecular formula is C28H34ClNO9. The Hall–Kier alpha value is -3.02. The molecule has 3 aliphatic rings. The van der Waals surface area contributed by atoms with Crippen molar-refractivity contribution in [1.29, 1.82) is 0 Å². The number of aromatic hydroxyl groups is 2. The third-order valence-corrected chi connectivity index (χ3v) is 7.36. The van der Waals surface area contributed by atoms with Crippen molar-refractivity contribution in [1.82, 2.24) is 0 Å². The molecule has 5 unspecified atom stereocenters. The molecule has 0 bridgehead atoms. The minimum absolute atomic E-state index is 0.00487. The molecule has 0 saturated carbocycles. The van der Waals surface area contributed by atoms with E-state index in [0.29, 0.717) is 30.4 Å². The van der Waals surface area contributed by atoms with E-state index in [1.165, 1.54) is 26.5 Å². The number of ketones is 3. The fourth-order valence-electron chi connectivity index (χ4n) is 5.26. The number of hydrogen-bond donors (Lipinski definition) is 5. The van der Waals surface area contributed by atoms with Gasteiger partial charge in [0.2, 0.25) is 5.78 Å². The highest BCUT2D eigenvalue weighted by Crippen LogP contribution is 2.47. The summed E-state index contributed by atoms with van der Waals surface area (Å²) in [5.41, 5.74) is 6.12. The second kappa shape index (κ2) is 12.4. The number of carbonyl (C=O) groups is 3. The molecule has 5 rings (SSSR count). The number of alkyl halides is 1. The average molecular weight is 564 g/mol. The van der Waals surface area contributed by atoms with Gasteiger partial charge in [-0.05, 0) is 39.2 Å². The number of Topliss-reactive ketones (excluding diaryl/α,β-unsaturated/α-hetero) is 1. The van der Waals surface area contributed by atoms with Gasteiger partial charge in [0.15, 0.2) is 12.1 Å². The number of phenolic OH excluding ortho intramolecular Hbond substituents is 2. The summed E-state index contributed by atoms with van der Waals surface area (Å²) in [6.45, 7) is 3.18. The average Bonchev–Trinajstić information content (AvgIpc) is 2.92. The molecule has 2 aromatic carbocycles. The lowest BCUT2D eigenvalue weighted by molar-refractivity contribution is -0.198. The van der Waals surface area contributed by atoms with Gasteiger partial charge in [0.05, 0.1) is 36.0 Å². The fraction of sp³-hybridized carbons (Fsp3) is 0.464. The van der Waals surface area contributed by atoms with Gasteiger partial charge in [0, 0.05) is 41.5 Å². The monoisotopic (exact) mass is 563 g/mol. The maximum atomic E-state index is 13.1. The van der Waals surface area contributed by atoms with Crippen molar-refractivity contribution < 1.29 is 44.3 Å². The predicted octanol–water partition coefficient (Wildman–Crippen LogP) is 2.23. The summed E-state index contributed by atoms with van der Waals surface area (Å²) in [7, 11) is 1.40. The first-order valence-electron chi connectivity index (χ1n) is 12.5. The molecule has 1 saturated heterocycles. The topological polar surface area (TPSA) is 177 Å². The van der Waals surface area contributed by atoms with E-state index in [-0.39, 0.29) is 69.8 Å². The van der Waals surface area contributed by atoms with Crippen LogP contribution in [0.3, 0.4) is 0 Å². The van der Waals surface area contributed by atoms with Gasteiger partial charge in [-0.25, -0.2) is 0 Å². The number of halogens is 1. The zero-order valence-corrected chi connectivity index (χ0v) is 23.0. The van der Waals surface area contributed by atoms with Crippen LogP contribution in [0.1, 0.15) is 69.7 Å². The highest BCUT2D eigenvalue weighted by molar-refractivity contribution is 6.31. The van der Waals surface area contributed by atoms with Crippen LogP contribution in [-0.4, -0.2) is 75.8 Å². The molecular weight excluding hydrogens is 530 g/mol. The third kappa shape index (κ3) is 5.66. The Balaban J connectivity index is 0.000000294. The number of carbonyl (C=O) groups excluding carboxylic acids is 3. The van der Waals surface area contributed by atoms with Crippen LogP contribution in [0.5, 0.6) is 17.2 Å². The number of methoxy groups -OCH3 is 1. The Labute approximate surface area is 231 Å². The Kier molecular flexibility index (Phi) is 9.74. The molecule has 212 valence electrons. The molecule has 39 heavy (non-hydrogen) atoms. The summed E-state index contributed by atoms with van der Waals surface area (Å²) in [5.74, 6) is -1.73. The minimum atomic E-state index is -0.812. The Morgan fingerprint density at radius 2 is 1.67 bits per heavy atom. The highest BCUT2D eigenvalue weighted by atomic mass is 35.5. The molecule has 0 radical (unpaired) electrons. The van der Waals surface area contributed by atoms with Gasteiger partial charge in [-0.3, -0.25) is 14.4 Å². The Morgan fingerprint density at radius 1 is 1.05 bits per heavy atom. The first-order chi connectivity index (χ1) is 18.5. The fourth-order valence-corrected chi connectivity index (χ4v) is 5.26. The second-order valence-corrected chi connectivity index (χ2v) is 9.68. The highest BCUT2D eigenvalue weighted by Gasteiger charge is 2.40. The van der Waals surface area contributed by atoms with E-state index in [1.54, 1.807) is 19.1 Å². The molecule has 2 aliphatic carbocycles. The molecule has 1 heterocycles. The number of rotatable bonds is 2. The SMILES string of the molecule is CC1OC(O)CC(N)C1O.CCl.COc1cccc2c1C(=O)c1c(O)c3c(c(O)c1C2=O)CC(C(C)=O)CC3. The van der Waals surface area contributed by atoms with Gasteiger partial charge < -0.3 is 35.6 Å². The third-order valence-electron chi connectivity index (χ3n) is 7.36. The summed E-state index contributed by atoms with van der Waals surface area (Å²) in [5, 5.41) is 39.8. The Bertz CT molecular complexity index is 1270. The van der Waals surface area contributed by atoms with Crippen LogP contribution in [0.2, 0.25) is 0 Å². The Morgan fingerprint density at radius 3 is 2.26 bits per heavy atom. The molecule has 11 heteroatoms. The molecule has 0 spiro atoms. The van der Waals surface area contributed by atoms with E-state index in [0.717, 1.165) is 0 Å². The van der Waals surface area contributed by atoms with Crippen molar-refractivity contribution in [3.63, 3.8) is 0 Å². The van der Waals surface area contributed by atoms with Crippen molar-refractivity contribution in [2.75, 3.05) is 13.5 Å². The quantitative estimate of drug-likeness (QED) is 0.229. The van der Waals surface area contributed by atoms with Crippen molar-refractivity contribution in [3.8, 4) is 17.2 Å². The normalized spacial score (nSPS) is 25.1. The number of phenols is 2. The van der Waals surface area contributed by atoms with E-state index < -0.39 is 24.0 Å². The number of aliphatic hydroxyl groups excluding tert-OH is 2. The molecule has 2 aromatic rings. The zero-order valence-electron chi connectivity index (χ0n) is 22.2. The van der Waals surface area contributed by atoms with Crippen molar-refractivity contribution >= 4 is 29.0 Å². The molecule has 10 nitrogen and oxygen atoms in total. The molecule has 1 fully saturated rings. The van der Waals surface area contributed by atoms with Gasteiger partial charge in [0.25, 0.3) is 0 Å². The van der Waals surface area contributed by atoms with Gasteiger partial charge in [0.1, 0.15) is 23.0 Å². The lowest BCUT2D eigenvalue weighted by Crippen LogP contribution is -2.51. The van der Waals surface area contributed by atoms with Crippen LogP contribution in [0, 0.1) is 5.92 Å². The van der Waals surface area contributed by atoms with Gasteiger partial charge in [-0.1, -0.05) is 12.1 Å². The van der Waals surface area contributed by atoms with Crippen LogP contribution in [0.15, 0.2) is 18.2 Å². The zero-order chi connectivity index (χ0) is 29.2. The first-order valence-corrected chi connectivity index (χ1v) is 13.2. The van der Waals surface area contributed by atoms with Gasteiger partial charge in [-0.15, -0.1) is 11.6 Å². The van der Waals surface area contributed by atoms with Crippen molar-refractivity contribution in [2.24, 2.45) is 11.7 Å². The van der Waals surface area contributed by atoms with Gasteiger partial charge >= 0.3 is 0 Å². The number of ether oxygens (including phenoxy) is 2. The van der Waals surface area contributed by atoms with Crippen LogP contribution in [0.25, 0.3) is 0 Å². The molecule has 6 N–H and O–H groups in total. The smallest absolute Gasteiger partial charge is 0.202 e. The lowest BCUT2D eigenvalue weighted by Gasteiger charge is -2.33. The van der Waals surface area contributed by atoms with E-state index in [1.807, 2.05) is 0 Å². The number of nitrogens with two attached hydrogens (primary N) is 1. The van der Waals surface area contributed by atoms with Crippen LogP contribution in [-0.2, 0) is 22.4 Å². The molecule has 1 aliphatic heterocycles. The lowest BCUT2D eigenvalue weighted by atomic mass is 9.75. The number of fused-ring (bicyclic) bond motifs is 3. The summed E-state index contributed by atoms with van der Waals surface area (Å²) in [6, 6.07) is 4.30. The second-order valence-electron chi connectivity index (χ2n) is 9.68. The summed E-state index contributed by atoms with van der Waals surface area (Å²) < 4.78 is 10.1. The predicted molar refractivity (Wildman–Crippen MR) is 143 cm³/mol. The minimum Gasteiger partial charge on any atom is -0.507 e. The summed E-state index contributed by atoms with van der Waals surface area (Å²) in [4.78, 5) is 37.9. The number of hydrogen-bond acceptors (Lipinski definition) is 10. The van der Waals surface area contributed by atoms with Crippen LogP contribution < -0.4 is 10.5 Å². The van der Waals surface area contributed by atoms with Gasteiger partial charge in [-0.2, -0.15) is 0 Å². The largest absolute Gasteiger partial charge is 0.507 e. The van der Waals surface area contributed by atoms with Crippen LogP contribution >= 0.6 is 11.6 Å². The standard InChI is InChI=1S/C21H18O6.C6H13NO3.CH3Cl/c1-9(22)10-6-7-11-13(8-10)20(25)16-17(18(11)23)21(26)15-12(19(16)24)4-3-5-14(15)27-2;1-3-6(9)4(7)2-5(8)10-3;1-2/h3-5,10,23,25H,6-8H2,1-2H3;3-6,8-9H,2,7H2,1H3;1H3. The van der Waals surface area contributed by atoms with Crippen molar-refractivity contribution in [3.05, 3.63) is 51.6 Å². The van der Waals surface area contributed by atoms with E-state index in [9.17, 15) is 29.7 Å². The summed E-state index contributed by atoms with van der Waals surface area (Å²) >= 11 is 4.64.